The summed E-state index contributed by atoms with van der Waals surface area (Å²) in [6.45, 7) is 5.54. The molecule has 214 valence electrons. The van der Waals surface area contributed by atoms with E-state index in [1.165, 1.54) is 53.4 Å². The van der Waals surface area contributed by atoms with Crippen LogP contribution in [0.3, 0.4) is 0 Å². The van der Waals surface area contributed by atoms with Gasteiger partial charge in [-0.3, -0.25) is 13.9 Å². The van der Waals surface area contributed by atoms with E-state index >= 15 is 0 Å². The Kier molecular flexibility index (Phi) is 10.9. The third kappa shape index (κ3) is 7.95. The Hall–Kier alpha value is -3.63. The zero-order chi connectivity index (χ0) is 29.3. The van der Waals surface area contributed by atoms with Crippen LogP contribution in [0.5, 0.6) is 5.75 Å². The zero-order valence-electron chi connectivity index (χ0n) is 22.6. The maximum absolute atomic E-state index is 13.8. The van der Waals surface area contributed by atoms with Crippen molar-refractivity contribution >= 4 is 39.1 Å². The Balaban J connectivity index is 2.01. The minimum Gasteiger partial charge on any atom is -0.494 e. The molecule has 3 aromatic carbocycles. The molecule has 1 N–H and O–H groups in total. The lowest BCUT2D eigenvalue weighted by molar-refractivity contribution is -0.139. The van der Waals surface area contributed by atoms with Crippen molar-refractivity contribution in [1.29, 1.82) is 0 Å². The summed E-state index contributed by atoms with van der Waals surface area (Å²) in [4.78, 5) is 27.9. The van der Waals surface area contributed by atoms with Gasteiger partial charge in [0.15, 0.2) is 0 Å². The van der Waals surface area contributed by atoms with Gasteiger partial charge in [-0.05, 0) is 86.5 Å². The van der Waals surface area contributed by atoms with E-state index in [1.807, 2.05) is 13.8 Å². The quantitative estimate of drug-likeness (QED) is 0.302. The Morgan fingerprint density at radius 2 is 1.60 bits per heavy atom. The van der Waals surface area contributed by atoms with E-state index in [4.69, 9.17) is 16.3 Å². The van der Waals surface area contributed by atoms with Crippen LogP contribution in [-0.4, -0.2) is 50.9 Å². The van der Waals surface area contributed by atoms with Crippen LogP contribution in [0.2, 0.25) is 5.02 Å². The molecule has 0 aliphatic heterocycles. The number of amides is 2. The van der Waals surface area contributed by atoms with Crippen LogP contribution in [0.15, 0.2) is 77.7 Å². The van der Waals surface area contributed by atoms with Crippen molar-refractivity contribution in [2.24, 2.45) is 0 Å². The van der Waals surface area contributed by atoms with Gasteiger partial charge in [0.2, 0.25) is 11.8 Å². The fourth-order valence-electron chi connectivity index (χ4n) is 3.90. The Labute approximate surface area is 239 Å². The van der Waals surface area contributed by atoms with Crippen molar-refractivity contribution in [1.82, 2.24) is 10.2 Å². The molecule has 0 saturated heterocycles. The Morgan fingerprint density at radius 3 is 2.17 bits per heavy atom. The van der Waals surface area contributed by atoms with Gasteiger partial charge in [0.1, 0.15) is 24.2 Å². The highest BCUT2D eigenvalue weighted by Gasteiger charge is 2.32. The third-order valence-electron chi connectivity index (χ3n) is 6.10. The van der Waals surface area contributed by atoms with Gasteiger partial charge in [-0.15, -0.1) is 0 Å². The van der Waals surface area contributed by atoms with Crippen molar-refractivity contribution in [3.63, 3.8) is 0 Å². The number of ether oxygens (including phenoxy) is 1. The predicted octanol–water partition coefficient (Wildman–Crippen LogP) is 5.02. The highest BCUT2D eigenvalue weighted by atomic mass is 35.5. The molecule has 3 aromatic rings. The van der Waals surface area contributed by atoms with Gasteiger partial charge in [0, 0.05) is 18.1 Å². The summed E-state index contributed by atoms with van der Waals surface area (Å²) in [6.07, 6.45) is 0.704. The first-order chi connectivity index (χ1) is 19.1. The molecular weight excluding hydrogens is 557 g/mol. The van der Waals surface area contributed by atoms with Crippen LogP contribution in [0, 0.1) is 5.82 Å². The van der Waals surface area contributed by atoms with Crippen molar-refractivity contribution in [2.45, 2.75) is 44.7 Å². The first-order valence-corrected chi connectivity index (χ1v) is 14.7. The number of sulfonamides is 1. The summed E-state index contributed by atoms with van der Waals surface area (Å²) in [7, 11) is -4.23. The number of benzene rings is 3. The number of carbonyl (C=O) groups is 2. The molecule has 0 bridgehead atoms. The largest absolute Gasteiger partial charge is 0.494 e. The SMILES string of the molecule is CCCNC(=O)C(C)N(Cc1ccc(F)cc1)C(=O)CN(c1ccc(OCC)cc1)S(=O)(=O)c1ccc(Cl)cc1. The predicted molar refractivity (Wildman–Crippen MR) is 153 cm³/mol. The molecule has 0 saturated carbocycles. The minimum absolute atomic E-state index is 0.0298. The fourth-order valence-corrected chi connectivity index (χ4v) is 5.44. The number of halogens is 2. The van der Waals surface area contributed by atoms with Gasteiger partial charge in [-0.2, -0.15) is 0 Å². The van der Waals surface area contributed by atoms with Gasteiger partial charge < -0.3 is 15.0 Å². The van der Waals surface area contributed by atoms with E-state index in [0.717, 1.165) is 4.31 Å². The van der Waals surface area contributed by atoms with Crippen molar-refractivity contribution in [2.75, 3.05) is 24.0 Å². The van der Waals surface area contributed by atoms with Crippen LogP contribution in [-0.2, 0) is 26.2 Å². The van der Waals surface area contributed by atoms with Crippen molar-refractivity contribution in [3.05, 3.63) is 89.2 Å². The second-order valence-corrected chi connectivity index (χ2v) is 11.3. The summed E-state index contributed by atoms with van der Waals surface area (Å²) in [5.74, 6) is -0.896. The van der Waals surface area contributed by atoms with Gasteiger partial charge in [0.25, 0.3) is 10.0 Å². The van der Waals surface area contributed by atoms with E-state index in [2.05, 4.69) is 5.32 Å². The molecule has 11 heteroatoms. The molecule has 8 nitrogen and oxygen atoms in total. The van der Waals surface area contributed by atoms with Crippen LogP contribution < -0.4 is 14.4 Å². The topological polar surface area (TPSA) is 96.0 Å². The number of nitrogens with one attached hydrogen (secondary N) is 1. The highest BCUT2D eigenvalue weighted by Crippen LogP contribution is 2.27. The van der Waals surface area contributed by atoms with Gasteiger partial charge in [0.05, 0.1) is 17.2 Å². The molecule has 3 rings (SSSR count). The van der Waals surface area contributed by atoms with E-state index in [-0.39, 0.29) is 23.0 Å². The maximum atomic E-state index is 13.8. The summed E-state index contributed by atoms with van der Waals surface area (Å²) >= 11 is 5.97. The van der Waals surface area contributed by atoms with E-state index in [0.29, 0.717) is 35.9 Å². The normalized spacial score (nSPS) is 11.9. The standard InChI is InChI=1S/C29H33ClFN3O5S/c1-4-18-32-29(36)21(3)33(19-22-6-10-24(31)11-7-22)28(35)20-34(25-12-14-26(15-13-25)39-5-2)40(37,38)27-16-8-23(30)9-17-27/h6-17,21H,4-5,18-20H2,1-3H3,(H,32,36). The lowest BCUT2D eigenvalue weighted by Gasteiger charge is -2.32. The van der Waals surface area contributed by atoms with E-state index in [9.17, 15) is 22.4 Å². The second kappa shape index (κ2) is 14.1. The lowest BCUT2D eigenvalue weighted by atomic mass is 10.1. The lowest BCUT2D eigenvalue weighted by Crippen LogP contribution is -2.51. The summed E-state index contributed by atoms with van der Waals surface area (Å²) in [6, 6.07) is 16.6. The summed E-state index contributed by atoms with van der Waals surface area (Å²) in [5, 5.41) is 3.14. The van der Waals surface area contributed by atoms with E-state index in [1.54, 1.807) is 31.2 Å². The molecule has 40 heavy (non-hydrogen) atoms. The molecule has 1 unspecified atom stereocenters. The van der Waals surface area contributed by atoms with Crippen LogP contribution >= 0.6 is 11.6 Å². The molecule has 1 atom stereocenters. The van der Waals surface area contributed by atoms with Crippen molar-refractivity contribution < 1.29 is 27.1 Å². The van der Waals surface area contributed by atoms with Gasteiger partial charge in [-0.25, -0.2) is 12.8 Å². The molecule has 2 amide bonds. The number of rotatable bonds is 13. The average Bonchev–Trinajstić information content (AvgIpc) is 2.94. The van der Waals surface area contributed by atoms with Crippen LogP contribution in [0.1, 0.15) is 32.8 Å². The monoisotopic (exact) mass is 589 g/mol. The van der Waals surface area contributed by atoms with Gasteiger partial charge in [-0.1, -0.05) is 30.7 Å². The molecule has 0 spiro atoms. The second-order valence-electron chi connectivity index (χ2n) is 9.01. The highest BCUT2D eigenvalue weighted by molar-refractivity contribution is 7.92. The number of nitrogens with zero attached hydrogens (tertiary/aromatic N) is 2. The zero-order valence-corrected chi connectivity index (χ0v) is 24.2. The number of carbonyl (C=O) groups excluding carboxylic acids is 2. The molecule has 0 aliphatic rings. The first-order valence-electron chi connectivity index (χ1n) is 12.9. The summed E-state index contributed by atoms with van der Waals surface area (Å²) < 4.78 is 47.6. The molecule has 0 aromatic heterocycles. The molecular formula is C29H33ClFN3O5S. The average molecular weight is 590 g/mol. The van der Waals surface area contributed by atoms with Crippen LogP contribution in [0.25, 0.3) is 0 Å². The molecule has 0 radical (unpaired) electrons. The molecule has 0 heterocycles. The molecule has 0 aliphatic carbocycles. The van der Waals surface area contributed by atoms with Crippen molar-refractivity contribution in [3.8, 4) is 5.75 Å². The Morgan fingerprint density at radius 1 is 0.975 bits per heavy atom. The Bertz CT molecular complexity index is 1380. The summed E-state index contributed by atoms with van der Waals surface area (Å²) in [5.41, 5.74) is 0.814. The fraction of sp³-hybridized carbons (Fsp3) is 0.310. The minimum atomic E-state index is -4.23. The first kappa shape index (κ1) is 30.9. The number of anilines is 1. The third-order valence-corrected chi connectivity index (χ3v) is 8.14. The van der Waals surface area contributed by atoms with Crippen LogP contribution in [0.4, 0.5) is 10.1 Å². The maximum Gasteiger partial charge on any atom is 0.264 e. The van der Waals surface area contributed by atoms with Gasteiger partial charge >= 0.3 is 0 Å². The number of hydrogen-bond donors (Lipinski definition) is 1. The van der Waals surface area contributed by atoms with E-state index < -0.39 is 34.3 Å². The smallest absolute Gasteiger partial charge is 0.264 e. The molecule has 0 fully saturated rings. The number of hydrogen-bond acceptors (Lipinski definition) is 5.